The minimum atomic E-state index is -4.45. The summed E-state index contributed by atoms with van der Waals surface area (Å²) in [4.78, 5) is 18.7. The first-order valence-corrected chi connectivity index (χ1v) is 7.94. The van der Waals surface area contributed by atoms with E-state index in [9.17, 15) is 13.2 Å². The molecule has 4 heterocycles. The molecule has 9 heteroatoms. The van der Waals surface area contributed by atoms with E-state index in [0.29, 0.717) is 31.6 Å². The zero-order valence-electron chi connectivity index (χ0n) is 13.2. The van der Waals surface area contributed by atoms with Crippen LogP contribution in [0.3, 0.4) is 0 Å². The van der Waals surface area contributed by atoms with Crippen molar-refractivity contribution in [3.05, 3.63) is 48.4 Å². The highest BCUT2D eigenvalue weighted by Crippen LogP contribution is 2.34. The van der Waals surface area contributed by atoms with E-state index in [0.717, 1.165) is 16.3 Å². The van der Waals surface area contributed by atoms with E-state index in [4.69, 9.17) is 0 Å². The fraction of sp³-hybridized carbons (Fsp3) is 0.375. The molecule has 1 aliphatic heterocycles. The van der Waals surface area contributed by atoms with Gasteiger partial charge in [-0.05, 0) is 18.9 Å². The normalized spacial score (nSPS) is 16.5. The number of anilines is 1. The maximum absolute atomic E-state index is 13.3. The second kappa shape index (κ2) is 5.98. The van der Waals surface area contributed by atoms with E-state index in [-0.39, 0.29) is 11.7 Å². The Kier molecular flexibility index (Phi) is 3.78. The molecule has 0 unspecified atom stereocenters. The number of aromatic nitrogens is 5. The van der Waals surface area contributed by atoms with Crippen molar-refractivity contribution in [2.24, 2.45) is 0 Å². The third-order valence-electron chi connectivity index (χ3n) is 4.47. The molecule has 0 amide bonds. The van der Waals surface area contributed by atoms with Crippen LogP contribution in [0.1, 0.15) is 30.1 Å². The average molecular weight is 348 g/mol. The lowest BCUT2D eigenvalue weighted by Gasteiger charge is -2.32. The fourth-order valence-electron chi connectivity index (χ4n) is 3.21. The molecule has 1 fully saturated rings. The van der Waals surface area contributed by atoms with Crippen LogP contribution in [0, 0.1) is 0 Å². The SMILES string of the molecule is FC(F)(F)c1cc(C2CCN(c3cnccn3)CC2)nc2nccn12. The van der Waals surface area contributed by atoms with Crippen molar-refractivity contribution < 1.29 is 13.2 Å². The summed E-state index contributed by atoms with van der Waals surface area (Å²) in [6.07, 6.45) is 4.51. The van der Waals surface area contributed by atoms with Gasteiger partial charge < -0.3 is 4.90 Å². The smallest absolute Gasteiger partial charge is 0.355 e. The van der Waals surface area contributed by atoms with E-state index in [1.54, 1.807) is 18.6 Å². The van der Waals surface area contributed by atoms with Gasteiger partial charge in [-0.15, -0.1) is 0 Å². The number of nitrogens with zero attached hydrogens (tertiary/aromatic N) is 6. The average Bonchev–Trinajstić information content (AvgIpc) is 3.09. The van der Waals surface area contributed by atoms with E-state index in [1.807, 2.05) is 0 Å². The molecule has 4 rings (SSSR count). The van der Waals surface area contributed by atoms with E-state index in [1.165, 1.54) is 12.4 Å². The number of alkyl halides is 3. The van der Waals surface area contributed by atoms with Gasteiger partial charge >= 0.3 is 6.18 Å². The van der Waals surface area contributed by atoms with Gasteiger partial charge in [-0.25, -0.2) is 15.0 Å². The summed E-state index contributed by atoms with van der Waals surface area (Å²) in [5.74, 6) is 0.838. The monoisotopic (exact) mass is 348 g/mol. The molecule has 0 aromatic carbocycles. The Morgan fingerprint density at radius 3 is 2.52 bits per heavy atom. The van der Waals surface area contributed by atoms with Crippen LogP contribution in [0.5, 0.6) is 0 Å². The third-order valence-corrected chi connectivity index (χ3v) is 4.47. The quantitative estimate of drug-likeness (QED) is 0.713. The molecular formula is C16H15F3N6. The van der Waals surface area contributed by atoms with Gasteiger partial charge in [-0.3, -0.25) is 9.38 Å². The minimum Gasteiger partial charge on any atom is -0.355 e. The molecule has 25 heavy (non-hydrogen) atoms. The maximum Gasteiger partial charge on any atom is 0.431 e. The molecule has 1 saturated heterocycles. The highest BCUT2D eigenvalue weighted by Gasteiger charge is 2.35. The first-order chi connectivity index (χ1) is 12.0. The lowest BCUT2D eigenvalue weighted by atomic mass is 9.93. The summed E-state index contributed by atoms with van der Waals surface area (Å²) in [5, 5.41) is 0. The number of rotatable bonds is 2. The van der Waals surface area contributed by atoms with Gasteiger partial charge in [0.2, 0.25) is 5.78 Å². The van der Waals surface area contributed by atoms with Crippen molar-refractivity contribution in [1.82, 2.24) is 24.3 Å². The maximum atomic E-state index is 13.3. The van der Waals surface area contributed by atoms with Crippen molar-refractivity contribution >= 4 is 11.6 Å². The Hall–Kier alpha value is -2.71. The number of piperidine rings is 1. The van der Waals surface area contributed by atoms with Gasteiger partial charge in [0.15, 0.2) is 0 Å². The number of imidazole rings is 1. The van der Waals surface area contributed by atoms with Gasteiger partial charge in [0.1, 0.15) is 11.5 Å². The summed E-state index contributed by atoms with van der Waals surface area (Å²) in [6.45, 7) is 1.40. The Labute approximate surface area is 141 Å². The summed E-state index contributed by atoms with van der Waals surface area (Å²) in [7, 11) is 0. The highest BCUT2D eigenvalue weighted by molar-refractivity contribution is 5.38. The lowest BCUT2D eigenvalue weighted by Crippen LogP contribution is -2.34. The van der Waals surface area contributed by atoms with Crippen molar-refractivity contribution in [2.45, 2.75) is 24.9 Å². The van der Waals surface area contributed by atoms with Crippen LogP contribution in [0.25, 0.3) is 5.78 Å². The zero-order chi connectivity index (χ0) is 17.4. The molecule has 0 atom stereocenters. The largest absolute Gasteiger partial charge is 0.431 e. The van der Waals surface area contributed by atoms with Crippen molar-refractivity contribution in [2.75, 3.05) is 18.0 Å². The lowest BCUT2D eigenvalue weighted by molar-refractivity contribution is -0.142. The molecule has 6 nitrogen and oxygen atoms in total. The fourth-order valence-corrected chi connectivity index (χ4v) is 3.21. The molecule has 0 aliphatic carbocycles. The predicted octanol–water partition coefficient (Wildman–Crippen LogP) is 2.92. The van der Waals surface area contributed by atoms with E-state index in [2.05, 4.69) is 24.8 Å². The van der Waals surface area contributed by atoms with Crippen molar-refractivity contribution in [3.8, 4) is 0 Å². The highest BCUT2D eigenvalue weighted by atomic mass is 19.4. The second-order valence-electron chi connectivity index (χ2n) is 5.99. The molecular weight excluding hydrogens is 333 g/mol. The van der Waals surface area contributed by atoms with Gasteiger partial charge in [0, 0.05) is 49.5 Å². The molecule has 130 valence electrons. The Balaban J connectivity index is 1.59. The summed E-state index contributed by atoms with van der Waals surface area (Å²) < 4.78 is 41.0. The minimum absolute atomic E-state index is 0.0317. The van der Waals surface area contributed by atoms with Crippen LogP contribution < -0.4 is 4.90 Å². The zero-order valence-corrected chi connectivity index (χ0v) is 13.2. The predicted molar refractivity (Wildman–Crippen MR) is 84.2 cm³/mol. The second-order valence-corrected chi connectivity index (χ2v) is 5.99. The Morgan fingerprint density at radius 2 is 1.84 bits per heavy atom. The first kappa shape index (κ1) is 15.8. The summed E-state index contributed by atoms with van der Waals surface area (Å²) in [6, 6.07) is 1.15. The van der Waals surface area contributed by atoms with Gasteiger partial charge in [0.25, 0.3) is 0 Å². The number of fused-ring (bicyclic) bond motifs is 1. The topological polar surface area (TPSA) is 59.2 Å². The molecule has 0 radical (unpaired) electrons. The molecule has 0 bridgehead atoms. The molecule has 0 N–H and O–H groups in total. The molecule has 3 aromatic rings. The van der Waals surface area contributed by atoms with Gasteiger partial charge in [-0.2, -0.15) is 13.2 Å². The van der Waals surface area contributed by atoms with Crippen molar-refractivity contribution in [3.63, 3.8) is 0 Å². The van der Waals surface area contributed by atoms with Crippen LogP contribution >= 0.6 is 0 Å². The van der Waals surface area contributed by atoms with Crippen LogP contribution in [0.2, 0.25) is 0 Å². The summed E-state index contributed by atoms with van der Waals surface area (Å²) >= 11 is 0. The number of hydrogen-bond donors (Lipinski definition) is 0. The Morgan fingerprint density at radius 1 is 1.04 bits per heavy atom. The van der Waals surface area contributed by atoms with Crippen LogP contribution in [0.15, 0.2) is 37.1 Å². The van der Waals surface area contributed by atoms with E-state index >= 15 is 0 Å². The van der Waals surface area contributed by atoms with Crippen molar-refractivity contribution in [1.29, 1.82) is 0 Å². The molecule has 0 saturated carbocycles. The van der Waals surface area contributed by atoms with Gasteiger partial charge in [-0.1, -0.05) is 0 Å². The Bertz CT molecular complexity index is 868. The standard InChI is InChI=1S/C16H15F3N6/c17-16(18,19)13-9-12(23-15-22-5-8-25(13)15)11-1-6-24(7-2-11)14-10-20-3-4-21-14/h3-5,8-11H,1-2,6-7H2. The van der Waals surface area contributed by atoms with Crippen LogP contribution in [-0.4, -0.2) is 37.4 Å². The molecule has 0 spiro atoms. The van der Waals surface area contributed by atoms with Gasteiger partial charge in [0.05, 0.1) is 6.20 Å². The number of halogens is 3. The first-order valence-electron chi connectivity index (χ1n) is 7.94. The number of hydrogen-bond acceptors (Lipinski definition) is 5. The molecule has 1 aliphatic rings. The van der Waals surface area contributed by atoms with E-state index < -0.39 is 11.9 Å². The third kappa shape index (κ3) is 3.01. The van der Waals surface area contributed by atoms with Crippen LogP contribution in [0.4, 0.5) is 19.0 Å². The summed E-state index contributed by atoms with van der Waals surface area (Å²) in [5.41, 5.74) is -0.286. The van der Waals surface area contributed by atoms with Crippen LogP contribution in [-0.2, 0) is 6.18 Å². The molecule has 3 aromatic heterocycles.